The van der Waals surface area contributed by atoms with Crippen LogP contribution in [0.2, 0.25) is 0 Å². The molecule has 0 radical (unpaired) electrons. The maximum absolute atomic E-state index is 12.2. The first kappa shape index (κ1) is 15.0. The van der Waals surface area contributed by atoms with Crippen molar-refractivity contribution in [3.05, 3.63) is 29.3 Å². The Bertz CT molecular complexity index is 634. The first-order valence-electron chi connectivity index (χ1n) is 6.30. The average molecular weight is 299 g/mol. The molecule has 0 amide bonds. The van der Waals surface area contributed by atoms with Gasteiger partial charge in [-0.2, -0.15) is 0 Å². The molecule has 1 fully saturated rings. The van der Waals surface area contributed by atoms with Crippen LogP contribution in [0, 0.1) is 6.92 Å². The van der Waals surface area contributed by atoms with E-state index in [0.29, 0.717) is 12.8 Å². The Morgan fingerprint density at radius 2 is 2.05 bits per heavy atom. The van der Waals surface area contributed by atoms with E-state index in [1.165, 1.54) is 25.1 Å². The number of carboxylic acid groups (broad SMARTS) is 1. The van der Waals surface area contributed by atoms with Crippen LogP contribution < -0.4 is 4.72 Å². The zero-order chi connectivity index (χ0) is 15.0. The molecular weight excluding hydrogens is 282 g/mol. The molecule has 7 heteroatoms. The minimum absolute atomic E-state index is 0.0461. The molecule has 20 heavy (non-hydrogen) atoms. The van der Waals surface area contributed by atoms with Gasteiger partial charge in [-0.15, -0.1) is 0 Å². The number of carboxylic acids is 1. The Morgan fingerprint density at radius 1 is 1.40 bits per heavy atom. The summed E-state index contributed by atoms with van der Waals surface area (Å²) in [6.07, 6.45) is 2.03. The Labute approximate surface area is 117 Å². The van der Waals surface area contributed by atoms with Gasteiger partial charge in [0.2, 0.25) is 10.0 Å². The van der Waals surface area contributed by atoms with E-state index < -0.39 is 21.6 Å². The summed E-state index contributed by atoms with van der Waals surface area (Å²) < 4.78 is 26.8. The van der Waals surface area contributed by atoms with E-state index in [2.05, 4.69) is 4.72 Å². The summed E-state index contributed by atoms with van der Waals surface area (Å²) >= 11 is 0. The third kappa shape index (κ3) is 2.84. The molecule has 1 aliphatic rings. The van der Waals surface area contributed by atoms with Crippen molar-refractivity contribution >= 4 is 16.0 Å². The van der Waals surface area contributed by atoms with Gasteiger partial charge in [-0.1, -0.05) is 6.07 Å². The van der Waals surface area contributed by atoms with Gasteiger partial charge in [0.05, 0.1) is 16.1 Å². The van der Waals surface area contributed by atoms with Crippen molar-refractivity contribution in [2.75, 3.05) is 6.54 Å². The second-order valence-corrected chi connectivity index (χ2v) is 6.87. The fourth-order valence-corrected chi connectivity index (χ4v) is 3.59. The van der Waals surface area contributed by atoms with Crippen LogP contribution in [0.3, 0.4) is 0 Å². The van der Waals surface area contributed by atoms with Crippen molar-refractivity contribution in [3.8, 4) is 0 Å². The summed E-state index contributed by atoms with van der Waals surface area (Å²) in [5, 5.41) is 18.9. The van der Waals surface area contributed by atoms with Gasteiger partial charge in [0, 0.05) is 6.54 Å². The smallest absolute Gasteiger partial charge is 0.335 e. The zero-order valence-electron chi connectivity index (χ0n) is 11.1. The molecule has 0 atom stereocenters. The number of aliphatic hydroxyl groups is 1. The summed E-state index contributed by atoms with van der Waals surface area (Å²) in [6, 6.07) is 4.11. The van der Waals surface area contributed by atoms with Gasteiger partial charge in [0.1, 0.15) is 0 Å². The van der Waals surface area contributed by atoms with Gasteiger partial charge in [-0.3, -0.25) is 0 Å². The second kappa shape index (κ2) is 5.16. The molecule has 0 saturated heterocycles. The summed E-state index contributed by atoms with van der Waals surface area (Å²) in [4.78, 5) is 10.9. The topological polar surface area (TPSA) is 104 Å². The molecule has 110 valence electrons. The molecule has 1 saturated carbocycles. The lowest BCUT2D eigenvalue weighted by Crippen LogP contribution is -2.47. The largest absolute Gasteiger partial charge is 0.478 e. The van der Waals surface area contributed by atoms with Crippen LogP contribution in [0.1, 0.15) is 35.2 Å². The predicted molar refractivity (Wildman–Crippen MR) is 72.1 cm³/mol. The SMILES string of the molecule is Cc1c(C(=O)O)cccc1S(=O)(=O)NCC1(O)CCC1. The van der Waals surface area contributed by atoms with Crippen molar-refractivity contribution < 1.29 is 23.4 Å². The summed E-state index contributed by atoms with van der Waals surface area (Å²) in [7, 11) is -3.83. The highest BCUT2D eigenvalue weighted by Gasteiger charge is 2.35. The van der Waals surface area contributed by atoms with E-state index >= 15 is 0 Å². The Balaban J connectivity index is 2.25. The Hall–Kier alpha value is -1.44. The summed E-state index contributed by atoms with van der Waals surface area (Å²) in [5.41, 5.74) is -0.825. The normalized spacial score (nSPS) is 17.5. The maximum Gasteiger partial charge on any atom is 0.335 e. The lowest BCUT2D eigenvalue weighted by Gasteiger charge is -2.36. The van der Waals surface area contributed by atoms with E-state index in [4.69, 9.17) is 5.11 Å². The van der Waals surface area contributed by atoms with Crippen LogP contribution in [0.15, 0.2) is 23.1 Å². The molecule has 1 aliphatic carbocycles. The van der Waals surface area contributed by atoms with Gasteiger partial charge < -0.3 is 10.2 Å². The van der Waals surface area contributed by atoms with Crippen LogP contribution in [0.5, 0.6) is 0 Å². The third-order valence-corrected chi connectivity index (χ3v) is 5.23. The fraction of sp³-hybridized carbons (Fsp3) is 0.462. The lowest BCUT2D eigenvalue weighted by molar-refractivity contribution is -0.0271. The van der Waals surface area contributed by atoms with Crippen LogP contribution in [0.25, 0.3) is 0 Å². The van der Waals surface area contributed by atoms with Crippen LogP contribution in [0.4, 0.5) is 0 Å². The number of benzene rings is 1. The van der Waals surface area contributed by atoms with Crippen molar-refractivity contribution in [1.29, 1.82) is 0 Å². The van der Waals surface area contributed by atoms with E-state index in [-0.39, 0.29) is 22.6 Å². The molecule has 0 aliphatic heterocycles. The second-order valence-electron chi connectivity index (χ2n) is 5.14. The maximum atomic E-state index is 12.2. The Morgan fingerprint density at radius 3 is 2.55 bits per heavy atom. The quantitative estimate of drug-likeness (QED) is 0.749. The number of nitrogens with one attached hydrogen (secondary N) is 1. The summed E-state index contributed by atoms with van der Waals surface area (Å²) in [5.74, 6) is -1.17. The van der Waals surface area contributed by atoms with Gasteiger partial charge in [-0.05, 0) is 43.9 Å². The number of hydrogen-bond acceptors (Lipinski definition) is 4. The number of hydrogen-bond donors (Lipinski definition) is 3. The summed E-state index contributed by atoms with van der Waals surface area (Å²) in [6.45, 7) is 1.40. The zero-order valence-corrected chi connectivity index (χ0v) is 11.9. The van der Waals surface area contributed by atoms with E-state index in [0.717, 1.165) is 6.42 Å². The van der Waals surface area contributed by atoms with Crippen LogP contribution >= 0.6 is 0 Å². The molecule has 6 nitrogen and oxygen atoms in total. The van der Waals surface area contributed by atoms with E-state index in [9.17, 15) is 18.3 Å². The highest BCUT2D eigenvalue weighted by atomic mass is 32.2. The minimum atomic E-state index is -3.83. The number of aromatic carboxylic acids is 1. The van der Waals surface area contributed by atoms with Gasteiger partial charge in [0.15, 0.2) is 0 Å². The highest BCUT2D eigenvalue weighted by molar-refractivity contribution is 7.89. The molecule has 0 heterocycles. The van der Waals surface area contributed by atoms with E-state index in [1.807, 2.05) is 0 Å². The first-order valence-corrected chi connectivity index (χ1v) is 7.78. The molecular formula is C13H17NO5S. The van der Waals surface area contributed by atoms with E-state index in [1.54, 1.807) is 0 Å². The van der Waals surface area contributed by atoms with Crippen LogP contribution in [-0.4, -0.2) is 36.7 Å². The molecule has 0 aromatic heterocycles. The Kier molecular flexibility index (Phi) is 3.86. The molecule has 0 unspecified atom stereocenters. The van der Waals surface area contributed by atoms with Crippen molar-refractivity contribution in [3.63, 3.8) is 0 Å². The first-order chi connectivity index (χ1) is 9.25. The van der Waals surface area contributed by atoms with Gasteiger partial charge in [0.25, 0.3) is 0 Å². The molecule has 1 aromatic rings. The third-order valence-electron chi connectivity index (χ3n) is 3.68. The highest BCUT2D eigenvalue weighted by Crippen LogP contribution is 2.31. The van der Waals surface area contributed by atoms with Crippen LogP contribution in [-0.2, 0) is 10.0 Å². The monoisotopic (exact) mass is 299 g/mol. The van der Waals surface area contributed by atoms with Gasteiger partial charge in [-0.25, -0.2) is 17.9 Å². The molecule has 0 bridgehead atoms. The minimum Gasteiger partial charge on any atom is -0.478 e. The molecule has 1 aromatic carbocycles. The predicted octanol–water partition coefficient (Wildman–Crippen LogP) is 0.887. The number of rotatable bonds is 5. The fourth-order valence-electron chi connectivity index (χ4n) is 2.21. The molecule has 0 spiro atoms. The van der Waals surface area contributed by atoms with Crippen molar-refractivity contribution in [1.82, 2.24) is 4.72 Å². The average Bonchev–Trinajstić information content (AvgIpc) is 2.34. The molecule has 2 rings (SSSR count). The van der Waals surface area contributed by atoms with Gasteiger partial charge >= 0.3 is 5.97 Å². The van der Waals surface area contributed by atoms with Crippen molar-refractivity contribution in [2.45, 2.75) is 36.7 Å². The standard InChI is InChI=1S/C13H17NO5S/c1-9-10(12(15)16)4-2-5-11(9)20(18,19)14-8-13(17)6-3-7-13/h2,4-5,14,17H,3,6-8H2,1H3,(H,15,16). The van der Waals surface area contributed by atoms with Crippen molar-refractivity contribution in [2.24, 2.45) is 0 Å². The molecule has 3 N–H and O–H groups in total. The number of sulfonamides is 1. The lowest BCUT2D eigenvalue weighted by atomic mass is 9.81. The number of carbonyl (C=O) groups is 1.